The lowest BCUT2D eigenvalue weighted by Gasteiger charge is -2.35. The molecule has 1 N–H and O–H groups in total. The number of benzene rings is 2. The van der Waals surface area contributed by atoms with E-state index < -0.39 is 15.6 Å². The van der Waals surface area contributed by atoms with Gasteiger partial charge in [-0.2, -0.15) is 4.31 Å². The maximum Gasteiger partial charge on any atom is 0.336 e. The summed E-state index contributed by atoms with van der Waals surface area (Å²) in [6.07, 6.45) is 0. The fourth-order valence-electron chi connectivity index (χ4n) is 3.49. The van der Waals surface area contributed by atoms with Gasteiger partial charge in [0, 0.05) is 54.4 Å². The van der Waals surface area contributed by atoms with E-state index in [4.69, 9.17) is 28.2 Å². The lowest BCUT2D eigenvalue weighted by Crippen LogP contribution is -2.51. The number of halogens is 1. The van der Waals surface area contributed by atoms with Crippen LogP contribution >= 0.6 is 23.8 Å². The van der Waals surface area contributed by atoms with Gasteiger partial charge >= 0.3 is 5.63 Å². The predicted octanol–water partition coefficient (Wildman–Crippen LogP) is 3.46. The first-order chi connectivity index (χ1) is 14.7. The quantitative estimate of drug-likeness (QED) is 0.457. The maximum atomic E-state index is 12.8. The Hall–Kier alpha value is -2.46. The van der Waals surface area contributed by atoms with Crippen LogP contribution in [0, 0.1) is 6.92 Å². The highest BCUT2D eigenvalue weighted by Gasteiger charge is 2.29. The highest BCUT2D eigenvalue weighted by Crippen LogP contribution is 2.22. The van der Waals surface area contributed by atoms with Crippen LogP contribution in [-0.4, -0.2) is 48.9 Å². The van der Waals surface area contributed by atoms with Crippen LogP contribution in [0.2, 0.25) is 5.02 Å². The van der Waals surface area contributed by atoms with E-state index in [1.807, 2.05) is 24.0 Å². The molecule has 162 valence electrons. The molecule has 10 heteroatoms. The second kappa shape index (κ2) is 8.58. The van der Waals surface area contributed by atoms with Crippen LogP contribution in [0.15, 0.2) is 62.6 Å². The van der Waals surface area contributed by atoms with E-state index in [-0.39, 0.29) is 4.90 Å². The third-order valence-electron chi connectivity index (χ3n) is 5.18. The van der Waals surface area contributed by atoms with Crippen molar-refractivity contribution in [1.82, 2.24) is 9.21 Å². The smallest absolute Gasteiger partial charge is 0.336 e. The van der Waals surface area contributed by atoms with Gasteiger partial charge in [0.25, 0.3) is 0 Å². The monoisotopic (exact) mass is 477 g/mol. The van der Waals surface area contributed by atoms with Crippen LogP contribution in [0.25, 0.3) is 11.0 Å². The van der Waals surface area contributed by atoms with Crippen molar-refractivity contribution >= 4 is 55.6 Å². The molecule has 0 unspecified atom stereocenters. The molecule has 1 aliphatic heterocycles. The average molecular weight is 478 g/mol. The number of rotatable bonds is 3. The van der Waals surface area contributed by atoms with Crippen molar-refractivity contribution in [3.8, 4) is 0 Å². The van der Waals surface area contributed by atoms with Gasteiger partial charge in [0.15, 0.2) is 5.11 Å². The van der Waals surface area contributed by atoms with Gasteiger partial charge < -0.3 is 14.6 Å². The highest BCUT2D eigenvalue weighted by atomic mass is 35.5. The zero-order chi connectivity index (χ0) is 22.2. The van der Waals surface area contributed by atoms with Crippen molar-refractivity contribution in [3.05, 3.63) is 69.5 Å². The number of nitrogens with zero attached hydrogens (tertiary/aromatic N) is 2. The van der Waals surface area contributed by atoms with Gasteiger partial charge in [-0.05, 0) is 61.1 Å². The van der Waals surface area contributed by atoms with Crippen LogP contribution in [0.4, 0.5) is 5.69 Å². The second-order valence-corrected chi connectivity index (χ2v) is 10.00. The Morgan fingerprint density at radius 3 is 2.42 bits per heavy atom. The molecule has 1 saturated heterocycles. The minimum atomic E-state index is -3.58. The molecule has 0 amide bonds. The Kier molecular flexibility index (Phi) is 6.02. The number of nitrogens with one attached hydrogen (secondary N) is 1. The minimum absolute atomic E-state index is 0.221. The molecule has 1 aromatic heterocycles. The molecular formula is C21H20ClN3O4S2. The first-order valence-corrected chi connectivity index (χ1v) is 11.8. The Morgan fingerprint density at radius 2 is 1.74 bits per heavy atom. The number of thiocarbonyl (C=S) groups is 1. The summed E-state index contributed by atoms with van der Waals surface area (Å²) in [5.74, 6) is 0. The van der Waals surface area contributed by atoms with Gasteiger partial charge in [-0.1, -0.05) is 11.6 Å². The molecule has 0 bridgehead atoms. The summed E-state index contributed by atoms with van der Waals surface area (Å²) < 4.78 is 32.4. The van der Waals surface area contributed by atoms with E-state index in [1.54, 1.807) is 18.2 Å². The molecule has 2 heterocycles. The molecule has 31 heavy (non-hydrogen) atoms. The standard InChI is InChI=1S/C21H20ClN3O4S2/c1-14-12-20(26)29-19-13-16(4-7-18(14)19)23-21(30)24-8-10-25(11-9-24)31(27,28)17-5-2-15(22)3-6-17/h2-7,12-13H,8-11H2,1H3,(H,23,30). The molecule has 7 nitrogen and oxygen atoms in total. The van der Waals surface area contributed by atoms with E-state index in [2.05, 4.69) is 5.32 Å². The first-order valence-electron chi connectivity index (χ1n) is 9.60. The summed E-state index contributed by atoms with van der Waals surface area (Å²) in [5.41, 5.74) is 1.63. The zero-order valence-electron chi connectivity index (χ0n) is 16.7. The molecule has 0 spiro atoms. The fraction of sp³-hybridized carbons (Fsp3) is 0.238. The summed E-state index contributed by atoms with van der Waals surface area (Å²) in [6, 6.07) is 13.1. The van der Waals surface area contributed by atoms with Gasteiger partial charge in [0.1, 0.15) is 5.58 Å². The number of hydrogen-bond acceptors (Lipinski definition) is 5. The van der Waals surface area contributed by atoms with Crippen molar-refractivity contribution in [3.63, 3.8) is 0 Å². The largest absolute Gasteiger partial charge is 0.423 e. The molecule has 0 radical (unpaired) electrons. The van der Waals surface area contributed by atoms with E-state index in [1.165, 1.54) is 22.5 Å². The number of sulfonamides is 1. The first kappa shape index (κ1) is 21.8. The fourth-order valence-corrected chi connectivity index (χ4v) is 5.34. The van der Waals surface area contributed by atoms with Crippen molar-refractivity contribution in [2.45, 2.75) is 11.8 Å². The van der Waals surface area contributed by atoms with Crippen molar-refractivity contribution < 1.29 is 12.8 Å². The SMILES string of the molecule is Cc1cc(=O)oc2cc(NC(=S)N3CCN(S(=O)(=O)c4ccc(Cl)cc4)CC3)ccc12. The zero-order valence-corrected chi connectivity index (χ0v) is 19.1. The molecule has 0 saturated carbocycles. The molecule has 1 fully saturated rings. The molecule has 2 aromatic carbocycles. The molecule has 4 rings (SSSR count). The highest BCUT2D eigenvalue weighted by molar-refractivity contribution is 7.89. The Balaban J connectivity index is 1.42. The van der Waals surface area contributed by atoms with Crippen molar-refractivity contribution in [2.24, 2.45) is 0 Å². The molecule has 1 aliphatic rings. The lowest BCUT2D eigenvalue weighted by molar-refractivity contribution is 0.268. The van der Waals surface area contributed by atoms with Crippen LogP contribution in [0.5, 0.6) is 0 Å². The van der Waals surface area contributed by atoms with Gasteiger partial charge in [0.05, 0.1) is 4.90 Å². The van der Waals surface area contributed by atoms with Crippen molar-refractivity contribution in [1.29, 1.82) is 0 Å². The lowest BCUT2D eigenvalue weighted by atomic mass is 10.1. The van der Waals surface area contributed by atoms with Crippen LogP contribution < -0.4 is 10.9 Å². The van der Waals surface area contributed by atoms with Gasteiger partial charge in [-0.3, -0.25) is 0 Å². The van der Waals surface area contributed by atoms with Crippen molar-refractivity contribution in [2.75, 3.05) is 31.5 Å². The average Bonchev–Trinajstić information content (AvgIpc) is 2.73. The van der Waals surface area contributed by atoms with Crippen LogP contribution in [-0.2, 0) is 10.0 Å². The molecule has 0 atom stereocenters. The van der Waals surface area contributed by atoms with E-state index in [0.29, 0.717) is 47.6 Å². The molecule has 0 aliphatic carbocycles. The minimum Gasteiger partial charge on any atom is -0.423 e. The number of anilines is 1. The van der Waals surface area contributed by atoms with Gasteiger partial charge in [-0.25, -0.2) is 13.2 Å². The number of aryl methyl sites for hydroxylation is 1. The van der Waals surface area contributed by atoms with E-state index >= 15 is 0 Å². The Morgan fingerprint density at radius 1 is 1.06 bits per heavy atom. The summed E-state index contributed by atoms with van der Waals surface area (Å²) in [5, 5.41) is 4.98. The molecule has 3 aromatic rings. The summed E-state index contributed by atoms with van der Waals surface area (Å²) in [7, 11) is -3.58. The van der Waals surface area contributed by atoms with Crippen LogP contribution in [0.3, 0.4) is 0 Å². The summed E-state index contributed by atoms with van der Waals surface area (Å²) in [4.78, 5) is 13.8. The second-order valence-electron chi connectivity index (χ2n) is 7.23. The van der Waals surface area contributed by atoms with Crippen LogP contribution in [0.1, 0.15) is 5.56 Å². The van der Waals surface area contributed by atoms with E-state index in [9.17, 15) is 13.2 Å². The third-order valence-corrected chi connectivity index (χ3v) is 7.71. The predicted molar refractivity (Wildman–Crippen MR) is 125 cm³/mol. The van der Waals surface area contributed by atoms with E-state index in [0.717, 1.165) is 10.9 Å². The third kappa shape index (κ3) is 4.59. The topological polar surface area (TPSA) is 82.9 Å². The number of fused-ring (bicyclic) bond motifs is 1. The Bertz CT molecular complexity index is 1300. The number of hydrogen-bond donors (Lipinski definition) is 1. The number of piperazine rings is 1. The Labute approximate surface area is 190 Å². The maximum absolute atomic E-state index is 12.8. The summed E-state index contributed by atoms with van der Waals surface area (Å²) in [6.45, 7) is 3.41. The van der Waals surface area contributed by atoms with Gasteiger partial charge in [-0.15, -0.1) is 0 Å². The normalized spacial score (nSPS) is 15.2. The molecular weight excluding hydrogens is 458 g/mol. The summed E-state index contributed by atoms with van der Waals surface area (Å²) >= 11 is 11.4. The van der Waals surface area contributed by atoms with Gasteiger partial charge in [0.2, 0.25) is 10.0 Å².